The quantitative estimate of drug-likeness (QED) is 0.0329. The van der Waals surface area contributed by atoms with Gasteiger partial charge in [-0.05, 0) is 455 Å². The second-order valence-electron chi connectivity index (χ2n) is 52.0. The predicted molar refractivity (Wildman–Crippen MR) is 614 cm³/mol. The van der Waals surface area contributed by atoms with Gasteiger partial charge in [0.05, 0.1) is 25.4 Å². The average molecular weight is 1940 g/mol. The molecule has 23 heteroatoms. The van der Waals surface area contributed by atoms with Crippen LogP contribution in [-0.2, 0) is 9.47 Å². The highest BCUT2D eigenvalue weighted by atomic mass is 16.5. The lowest BCUT2D eigenvalue weighted by Gasteiger charge is -2.40. The Balaban J connectivity index is -0.000000339. The monoisotopic (exact) mass is 1940 g/mol. The number of likely N-dealkylation sites (tertiary alicyclic amines) is 1. The molecule has 136 heavy (non-hydrogen) atoms. The van der Waals surface area contributed by atoms with E-state index in [-0.39, 0.29) is 27.8 Å². The van der Waals surface area contributed by atoms with Crippen LogP contribution >= 0.6 is 0 Å². The Hall–Kier alpha value is -0.920. The summed E-state index contributed by atoms with van der Waals surface area (Å²) in [5.74, 6) is 0.939. The fourth-order valence-electron chi connectivity index (χ4n) is 14.7. The third-order valence-electron chi connectivity index (χ3n) is 26.3. The zero-order chi connectivity index (χ0) is 107. The van der Waals surface area contributed by atoms with E-state index in [1.165, 1.54) is 136 Å². The number of ether oxygens (including phenoxy) is 2. The molecule has 1 unspecified atom stereocenters. The number of likely N-dealkylation sites (N-methyl/N-ethyl adjacent to an activating group) is 11. The lowest BCUT2D eigenvalue weighted by atomic mass is 9.76. The third-order valence-corrected chi connectivity index (χ3v) is 26.3. The molecule has 2 saturated carbocycles. The minimum atomic E-state index is 0.00993. The van der Waals surface area contributed by atoms with E-state index in [0.29, 0.717) is 57.8 Å². The summed E-state index contributed by atoms with van der Waals surface area (Å²) >= 11 is 0. The first-order valence-corrected chi connectivity index (χ1v) is 55.0. The van der Waals surface area contributed by atoms with Crippen LogP contribution in [0.1, 0.15) is 342 Å². The van der Waals surface area contributed by atoms with E-state index in [0.717, 1.165) is 143 Å². The Labute approximate surface area is 857 Å². The SMILES string of the molecule is CC(C)(C)C1CCNCC1.CC(C)(C)N1CCOCC1.CC(C)(C)NCCN1CCCC1.CC(C)N(C)CCN(C)C(C)C.CC(C)N1CCN(C)CC1C.CC(C)NCCN(C)C(C)C.CCN(C)CCNC(C)(C)C.CCN(CC)CCNC(C)(C)C.CN(C)CC1(N(C)C(C)(C)C)CC1.CN(C)CCCNC(C)(C)C.CN(C)CCOC(C)(C)C.CN(CCN(C)C(C)(C)C)C1CC1. The van der Waals surface area contributed by atoms with Gasteiger partial charge < -0.3 is 100 Å². The second-order valence-corrected chi connectivity index (χ2v) is 52.0. The number of rotatable bonds is 37. The van der Waals surface area contributed by atoms with Crippen LogP contribution in [-0.4, -0.2) is 467 Å². The standard InChI is InChI=1S/2C11H24N2.C10H22N2.2C10H24N2.C9H20N2.3C9H22N2.C9H19N.C8H17NO.C8H19NO/c1-10(2,3)13(6)11(7-8-11)9-12(4)5;1-11(2,3)13(5)9-8-12(4)10-6-7-10;1-10(2,3)11-6-9-12-7-4-5-8-12;1-9(2)11(5)7-8-12(6)10(3)4;1-6-12(7-2)9-8-11-10(3,4)5;1-8(2)11-6-5-10(4)7-9(11)3;1-9(2,3)10-7-6-8-11(4)5;1-8(2)10-6-7-11(5)9(3)4;1-6-11(5)8-7-10-9(2,3)4;1-9(2,3)8-4-6-10-7-5-8;1-8(2,3)9-4-6-10-7-5-9;1-8(2,3)10-7-6-9(4)5/h7-9H2,1-6H3;10H,6-9H2,1-5H3;11H,4-9H2,1-3H3;9-10H,7-8H2,1-6H3;11H,6-9H2,1-5H3;8-9H,5-7H2,1-4H3;10H,6-8H2,1-5H3;8-10H,6-7H2,1-5H3;10H,6-8H2,1-5H3;8,10H,4-7H2,1-3H3;4-7H2,1-3H3;6-7H2,1-5H3. The highest BCUT2D eigenvalue weighted by Gasteiger charge is 2.49. The van der Waals surface area contributed by atoms with Crippen LogP contribution in [0.5, 0.6) is 0 Å². The molecule has 6 N–H and O–H groups in total. The van der Waals surface area contributed by atoms with Crippen LogP contribution in [0, 0.1) is 11.3 Å². The number of nitrogens with zero attached hydrogens (tertiary/aromatic N) is 15. The van der Waals surface area contributed by atoms with Gasteiger partial charge in [-0.25, -0.2) is 0 Å². The molecule has 0 aromatic rings. The fraction of sp³-hybridized carbons (Fsp3) is 1.00. The molecule has 6 aliphatic rings. The van der Waals surface area contributed by atoms with Crippen LogP contribution in [0.2, 0.25) is 0 Å². The molecular weight excluding hydrogens is 1680 g/mol. The van der Waals surface area contributed by atoms with Crippen molar-refractivity contribution in [2.75, 3.05) is 302 Å². The Morgan fingerprint density at radius 2 is 0.882 bits per heavy atom. The van der Waals surface area contributed by atoms with Crippen LogP contribution < -0.4 is 31.9 Å². The molecule has 0 aromatic heterocycles. The predicted octanol–water partition coefficient (Wildman–Crippen LogP) is 18.0. The van der Waals surface area contributed by atoms with Gasteiger partial charge >= 0.3 is 0 Å². The van der Waals surface area contributed by atoms with Crippen molar-refractivity contribution in [2.24, 2.45) is 11.3 Å². The zero-order valence-electron chi connectivity index (χ0n) is 103. The highest BCUT2D eigenvalue weighted by molar-refractivity contribution is 5.07. The molecule has 0 bridgehead atoms. The van der Waals surface area contributed by atoms with Crippen molar-refractivity contribution >= 4 is 0 Å². The van der Waals surface area contributed by atoms with Gasteiger partial charge in [0.2, 0.25) is 0 Å². The molecule has 6 rings (SSSR count). The number of piperidine rings is 1. The topological polar surface area (TPSA) is 139 Å². The Morgan fingerprint density at radius 3 is 1.21 bits per heavy atom. The van der Waals surface area contributed by atoms with E-state index in [4.69, 9.17) is 9.47 Å². The van der Waals surface area contributed by atoms with Gasteiger partial charge in [0.15, 0.2) is 0 Å². The molecule has 0 spiro atoms. The van der Waals surface area contributed by atoms with Crippen molar-refractivity contribution in [3.63, 3.8) is 0 Å². The maximum Gasteiger partial charge on any atom is 0.0600 e. The van der Waals surface area contributed by atoms with E-state index in [1.807, 2.05) is 14.1 Å². The minimum absolute atomic E-state index is 0.00993. The van der Waals surface area contributed by atoms with Crippen LogP contribution in [0.25, 0.3) is 0 Å². The van der Waals surface area contributed by atoms with E-state index >= 15 is 0 Å². The highest BCUT2D eigenvalue weighted by Crippen LogP contribution is 2.44. The van der Waals surface area contributed by atoms with Crippen LogP contribution in [0.3, 0.4) is 0 Å². The summed E-state index contributed by atoms with van der Waals surface area (Å²) in [6.45, 7) is 127. The van der Waals surface area contributed by atoms with Gasteiger partial charge in [0, 0.05) is 211 Å². The number of piperazine rings is 1. The molecule has 1 atom stereocenters. The molecular formula is C113H259N21O2. The molecule has 23 nitrogen and oxygen atoms in total. The lowest BCUT2D eigenvalue weighted by molar-refractivity contribution is -0.00872. The summed E-state index contributed by atoms with van der Waals surface area (Å²) in [5.41, 5.74) is 3.01. The Kier molecular flexibility index (Phi) is 82.1. The second kappa shape index (κ2) is 76.6. The molecule has 828 valence electrons. The number of hydrogen-bond donors (Lipinski definition) is 6. The van der Waals surface area contributed by atoms with Crippen LogP contribution in [0.4, 0.5) is 0 Å². The van der Waals surface area contributed by atoms with Crippen molar-refractivity contribution in [1.29, 1.82) is 0 Å². The molecule has 2 aliphatic carbocycles. The van der Waals surface area contributed by atoms with E-state index < -0.39 is 0 Å². The number of hydrogen-bond acceptors (Lipinski definition) is 23. The van der Waals surface area contributed by atoms with E-state index in [2.05, 4.69) is 474 Å². The normalized spacial score (nSPS) is 17.5. The fourth-order valence-corrected chi connectivity index (χ4v) is 14.7. The van der Waals surface area contributed by atoms with Crippen molar-refractivity contribution in [2.45, 2.75) is 434 Å². The Morgan fingerprint density at radius 1 is 0.449 bits per heavy atom. The third kappa shape index (κ3) is 95.3. The molecule has 6 fully saturated rings. The summed E-state index contributed by atoms with van der Waals surface area (Å²) in [6.07, 6.45) is 12.3. The molecule has 0 aromatic carbocycles. The molecule has 0 amide bonds. The van der Waals surface area contributed by atoms with Crippen LogP contribution in [0.15, 0.2) is 0 Å². The van der Waals surface area contributed by atoms with Gasteiger partial charge in [-0.3, -0.25) is 14.7 Å². The van der Waals surface area contributed by atoms with E-state index in [9.17, 15) is 0 Å². The summed E-state index contributed by atoms with van der Waals surface area (Å²) in [7, 11) is 30.2. The first-order chi connectivity index (χ1) is 61.8. The van der Waals surface area contributed by atoms with Crippen molar-refractivity contribution in [3.8, 4) is 0 Å². The van der Waals surface area contributed by atoms with Gasteiger partial charge in [-0.15, -0.1) is 0 Å². The molecule has 4 saturated heterocycles. The van der Waals surface area contributed by atoms with Crippen molar-refractivity contribution in [3.05, 3.63) is 0 Å². The van der Waals surface area contributed by atoms with Crippen molar-refractivity contribution in [1.82, 2.24) is 105 Å². The smallest absolute Gasteiger partial charge is 0.0600 e. The summed E-state index contributed by atoms with van der Waals surface area (Å²) < 4.78 is 10.8. The zero-order valence-corrected chi connectivity index (χ0v) is 103. The summed E-state index contributed by atoms with van der Waals surface area (Å²) in [4.78, 5) is 35.9. The van der Waals surface area contributed by atoms with E-state index in [1.54, 1.807) is 0 Å². The van der Waals surface area contributed by atoms with Gasteiger partial charge in [-0.1, -0.05) is 55.4 Å². The first kappa shape index (κ1) is 146. The molecule has 4 heterocycles. The van der Waals surface area contributed by atoms with Gasteiger partial charge in [-0.2, -0.15) is 0 Å². The van der Waals surface area contributed by atoms with Gasteiger partial charge in [0.1, 0.15) is 0 Å². The minimum Gasteiger partial charge on any atom is -0.379 e. The average Bonchev–Trinajstić information content (AvgIpc) is 1.61. The first-order valence-electron chi connectivity index (χ1n) is 55.0. The summed E-state index contributed by atoms with van der Waals surface area (Å²) in [6, 6.07) is 4.91. The largest absolute Gasteiger partial charge is 0.379 e. The molecule has 0 radical (unpaired) electrons. The number of morpholine rings is 1. The summed E-state index contributed by atoms with van der Waals surface area (Å²) in [5, 5.41) is 20.7. The van der Waals surface area contributed by atoms with Crippen molar-refractivity contribution < 1.29 is 9.47 Å². The number of nitrogens with one attached hydrogen (secondary N) is 6. The maximum absolute atomic E-state index is 5.50. The maximum atomic E-state index is 5.50. The van der Waals surface area contributed by atoms with Gasteiger partial charge in [0.25, 0.3) is 0 Å². The Bertz CT molecular complexity index is 2550. The lowest BCUT2D eigenvalue weighted by Crippen LogP contribution is -2.52. The molecule has 4 aliphatic heterocycles.